The highest BCUT2D eigenvalue weighted by atomic mass is 31.2. The average molecular weight is 276 g/mol. The summed E-state index contributed by atoms with van der Waals surface area (Å²) < 4.78 is 28.7. The van der Waals surface area contributed by atoms with E-state index in [1.165, 1.54) is 13.6 Å². The number of hydrogen-bond acceptors (Lipinski definition) is 5. The average Bonchev–Trinajstić information content (AvgIpc) is 2.19. The van der Waals surface area contributed by atoms with Crippen LogP contribution in [-0.2, 0) is 23.1 Å². The van der Waals surface area contributed by atoms with Crippen LogP contribution in [0.5, 0.6) is 0 Å². The Labute approximate surface area is 108 Å². The van der Waals surface area contributed by atoms with Gasteiger partial charge in [0.2, 0.25) is 0 Å². The molecule has 1 saturated heterocycles. The van der Waals surface area contributed by atoms with Gasteiger partial charge in [-0.3, -0.25) is 9.36 Å². The zero-order valence-corrected chi connectivity index (χ0v) is 12.4. The van der Waals surface area contributed by atoms with Gasteiger partial charge in [0.05, 0.1) is 11.7 Å². The molecule has 5 nitrogen and oxygen atoms in total. The third-order valence-corrected chi connectivity index (χ3v) is 5.77. The van der Waals surface area contributed by atoms with Crippen molar-refractivity contribution in [2.24, 2.45) is 11.8 Å². The van der Waals surface area contributed by atoms with Crippen molar-refractivity contribution in [2.75, 3.05) is 6.66 Å². The topological polar surface area (TPSA) is 61.8 Å². The van der Waals surface area contributed by atoms with Crippen molar-refractivity contribution in [3.63, 3.8) is 0 Å². The third kappa shape index (κ3) is 2.24. The van der Waals surface area contributed by atoms with Gasteiger partial charge >= 0.3 is 13.6 Å². The molecule has 0 amide bonds. The second kappa shape index (κ2) is 4.32. The van der Waals surface area contributed by atoms with E-state index in [-0.39, 0.29) is 30.0 Å². The van der Waals surface area contributed by atoms with Gasteiger partial charge in [-0.1, -0.05) is 13.8 Å². The van der Waals surface area contributed by atoms with Crippen molar-refractivity contribution in [3.05, 3.63) is 0 Å². The molecule has 0 spiro atoms. The Kier molecular flexibility index (Phi) is 3.37. The summed E-state index contributed by atoms with van der Waals surface area (Å²) in [6, 6.07) is 0. The van der Waals surface area contributed by atoms with E-state index in [0.29, 0.717) is 6.42 Å². The van der Waals surface area contributed by atoms with Gasteiger partial charge in [0.25, 0.3) is 0 Å². The molecule has 1 heterocycles. The maximum Gasteiger partial charge on any atom is 0.328 e. The minimum Gasteiger partial charge on any atom is -0.462 e. The van der Waals surface area contributed by atoms with Crippen molar-refractivity contribution in [1.82, 2.24) is 0 Å². The zero-order valence-electron chi connectivity index (χ0n) is 11.5. The van der Waals surface area contributed by atoms with E-state index >= 15 is 0 Å². The highest BCUT2D eigenvalue weighted by Crippen LogP contribution is 2.61. The summed E-state index contributed by atoms with van der Waals surface area (Å²) in [4.78, 5) is 11.1. The predicted octanol–water partition coefficient (Wildman–Crippen LogP) is 2.59. The first-order chi connectivity index (χ1) is 8.16. The third-order valence-electron chi connectivity index (χ3n) is 4.39. The fourth-order valence-electron chi connectivity index (χ4n) is 3.08. The summed E-state index contributed by atoms with van der Waals surface area (Å²) in [6.45, 7) is 8.85. The summed E-state index contributed by atoms with van der Waals surface area (Å²) in [6.07, 6.45) is 0.160. The monoisotopic (exact) mass is 276 g/mol. The summed E-state index contributed by atoms with van der Waals surface area (Å²) in [7, 11) is -3.01. The zero-order chi connectivity index (χ0) is 13.7. The van der Waals surface area contributed by atoms with Gasteiger partial charge in [0.1, 0.15) is 6.10 Å². The standard InChI is InChI=1S/C12H21O5P/c1-7-10(15-9(3)13)6-11-8(2)12(7,4)17-18(5,14)16-11/h7-8,10-11H,6H2,1-5H3. The van der Waals surface area contributed by atoms with Crippen LogP contribution in [-0.4, -0.2) is 30.4 Å². The van der Waals surface area contributed by atoms with Crippen LogP contribution in [0.1, 0.15) is 34.1 Å². The van der Waals surface area contributed by atoms with E-state index in [2.05, 4.69) is 0 Å². The van der Waals surface area contributed by atoms with Gasteiger partial charge in [-0.2, -0.15) is 0 Å². The Bertz CT molecular complexity index is 409. The second-order valence-electron chi connectivity index (χ2n) is 5.65. The highest BCUT2D eigenvalue weighted by molar-refractivity contribution is 7.53. The summed E-state index contributed by atoms with van der Waals surface area (Å²) >= 11 is 0. The Balaban J connectivity index is 2.29. The summed E-state index contributed by atoms with van der Waals surface area (Å²) in [5.74, 6) is -0.186. The quantitative estimate of drug-likeness (QED) is 0.544. The molecule has 6 unspecified atom stereocenters. The molecule has 0 N–H and O–H groups in total. The molecule has 18 heavy (non-hydrogen) atoms. The van der Waals surface area contributed by atoms with Gasteiger partial charge in [0, 0.05) is 31.8 Å². The molecular formula is C12H21O5P. The van der Waals surface area contributed by atoms with Gasteiger partial charge in [-0.15, -0.1) is 0 Å². The summed E-state index contributed by atoms with van der Waals surface area (Å²) in [5, 5.41) is 0. The molecule has 2 bridgehead atoms. The minimum absolute atomic E-state index is 0.00942. The number of ether oxygens (including phenoxy) is 1. The number of hydrogen-bond donors (Lipinski definition) is 0. The van der Waals surface area contributed by atoms with Gasteiger partial charge in [-0.05, 0) is 6.92 Å². The van der Waals surface area contributed by atoms with E-state index in [1.807, 2.05) is 20.8 Å². The SMILES string of the molecule is CC(=O)OC1CC2OP(C)(=O)OC(C)(C1C)C2C. The Hall–Kier alpha value is -0.380. The number of carbonyl (C=O) groups is 1. The number of fused-ring (bicyclic) bond motifs is 2. The lowest BCUT2D eigenvalue weighted by molar-refractivity contribution is -0.192. The lowest BCUT2D eigenvalue weighted by Gasteiger charge is -2.55. The van der Waals surface area contributed by atoms with Crippen LogP contribution in [0.3, 0.4) is 0 Å². The van der Waals surface area contributed by atoms with Crippen molar-refractivity contribution in [1.29, 1.82) is 0 Å². The molecule has 0 radical (unpaired) electrons. The Morgan fingerprint density at radius 3 is 2.56 bits per heavy atom. The van der Waals surface area contributed by atoms with E-state index in [4.69, 9.17) is 13.8 Å². The maximum atomic E-state index is 12.1. The first-order valence-electron chi connectivity index (χ1n) is 6.29. The first-order valence-corrected chi connectivity index (χ1v) is 8.28. The number of carbonyl (C=O) groups excluding carboxylic acids is 1. The van der Waals surface area contributed by atoms with Crippen molar-refractivity contribution >= 4 is 13.6 Å². The fourth-order valence-corrected chi connectivity index (χ4v) is 4.93. The second-order valence-corrected chi connectivity index (χ2v) is 7.59. The molecule has 6 heteroatoms. The number of rotatable bonds is 1. The molecule has 0 aromatic rings. The van der Waals surface area contributed by atoms with Gasteiger partial charge < -0.3 is 13.8 Å². The normalized spacial score (nSPS) is 51.8. The lowest BCUT2D eigenvalue weighted by Crippen LogP contribution is -2.59. The van der Waals surface area contributed by atoms with Crippen LogP contribution in [0.4, 0.5) is 0 Å². The van der Waals surface area contributed by atoms with E-state index in [9.17, 15) is 9.36 Å². The number of esters is 1. The van der Waals surface area contributed by atoms with E-state index < -0.39 is 13.2 Å². The van der Waals surface area contributed by atoms with Crippen molar-refractivity contribution in [3.8, 4) is 0 Å². The molecule has 104 valence electrons. The Morgan fingerprint density at radius 2 is 2.00 bits per heavy atom. The van der Waals surface area contributed by atoms with Crippen LogP contribution < -0.4 is 0 Å². The van der Waals surface area contributed by atoms with Gasteiger partial charge in [-0.25, -0.2) is 0 Å². The van der Waals surface area contributed by atoms with E-state index in [0.717, 1.165) is 0 Å². The molecular weight excluding hydrogens is 255 g/mol. The van der Waals surface area contributed by atoms with Crippen LogP contribution in [0.2, 0.25) is 0 Å². The predicted molar refractivity (Wildman–Crippen MR) is 66.4 cm³/mol. The largest absolute Gasteiger partial charge is 0.462 e. The molecule has 1 saturated carbocycles. The highest BCUT2D eigenvalue weighted by Gasteiger charge is 2.58. The fraction of sp³-hybridized carbons (Fsp3) is 0.917. The Morgan fingerprint density at radius 1 is 1.39 bits per heavy atom. The van der Waals surface area contributed by atoms with Crippen LogP contribution in [0.15, 0.2) is 0 Å². The lowest BCUT2D eigenvalue weighted by atomic mass is 9.68. The molecule has 1 aliphatic carbocycles. The molecule has 2 rings (SSSR count). The van der Waals surface area contributed by atoms with Crippen LogP contribution >= 0.6 is 7.60 Å². The van der Waals surface area contributed by atoms with Crippen molar-refractivity contribution < 1.29 is 23.1 Å². The molecule has 1 aliphatic heterocycles. The molecule has 2 aliphatic rings. The smallest absolute Gasteiger partial charge is 0.328 e. The van der Waals surface area contributed by atoms with E-state index in [1.54, 1.807) is 0 Å². The first kappa shape index (κ1) is 14.0. The van der Waals surface area contributed by atoms with Crippen LogP contribution in [0, 0.1) is 11.8 Å². The molecule has 6 atom stereocenters. The maximum absolute atomic E-state index is 12.1. The summed E-state index contributed by atoms with van der Waals surface area (Å²) in [5.41, 5.74) is -0.578. The van der Waals surface area contributed by atoms with Crippen molar-refractivity contribution in [2.45, 2.75) is 51.9 Å². The molecule has 0 aromatic heterocycles. The minimum atomic E-state index is -3.01. The molecule has 2 fully saturated rings. The van der Waals surface area contributed by atoms with Crippen LogP contribution in [0.25, 0.3) is 0 Å². The molecule has 0 aromatic carbocycles. The van der Waals surface area contributed by atoms with Gasteiger partial charge in [0.15, 0.2) is 0 Å².